The van der Waals surface area contributed by atoms with Gasteiger partial charge >= 0.3 is 6.03 Å². The molecule has 2 amide bonds. The van der Waals surface area contributed by atoms with Gasteiger partial charge in [-0.3, -0.25) is 0 Å². The molecule has 0 atom stereocenters. The first-order chi connectivity index (χ1) is 5.52. The summed E-state index contributed by atoms with van der Waals surface area (Å²) in [5.41, 5.74) is -0.495. The number of rotatable bonds is 3. The average Bonchev–Trinajstić information content (AvgIpc) is 2.02. The summed E-state index contributed by atoms with van der Waals surface area (Å²) in [6, 6.07) is 1.87. The Labute approximate surface area is 72.9 Å². The summed E-state index contributed by atoms with van der Waals surface area (Å²) < 4.78 is 0. The molecule has 0 saturated carbocycles. The highest BCUT2D eigenvalue weighted by Gasteiger charge is 2.16. The van der Waals surface area contributed by atoms with E-state index in [2.05, 4.69) is 16.7 Å². The van der Waals surface area contributed by atoms with Crippen LogP contribution in [0.1, 0.15) is 20.8 Å². The van der Waals surface area contributed by atoms with Crippen LogP contribution in [0.3, 0.4) is 0 Å². The monoisotopic (exact) mass is 169 g/mol. The Morgan fingerprint density at radius 2 is 2.08 bits per heavy atom. The van der Waals surface area contributed by atoms with Crippen LogP contribution in [0.25, 0.3) is 0 Å². The molecule has 0 unspecified atom stereocenters. The molecular weight excluding hydrogens is 154 g/mol. The van der Waals surface area contributed by atoms with Crippen LogP contribution in [0.2, 0.25) is 0 Å². The van der Waals surface area contributed by atoms with E-state index in [-0.39, 0.29) is 6.03 Å². The van der Waals surface area contributed by atoms with Crippen LogP contribution in [0.4, 0.5) is 4.79 Å². The number of hydrogen-bond donors (Lipinski definition) is 2. The van der Waals surface area contributed by atoms with Gasteiger partial charge in [-0.1, -0.05) is 0 Å². The van der Waals surface area contributed by atoms with Crippen molar-refractivity contribution < 1.29 is 4.79 Å². The Bertz CT molecular complexity index is 193. The third-order valence-electron chi connectivity index (χ3n) is 1.33. The predicted octanol–water partition coefficient (Wildman–Crippen LogP) is 0.855. The van der Waals surface area contributed by atoms with Crippen molar-refractivity contribution in [1.29, 1.82) is 5.26 Å². The highest BCUT2D eigenvalue weighted by atomic mass is 16.2. The van der Waals surface area contributed by atoms with E-state index in [4.69, 9.17) is 5.26 Å². The fraction of sp³-hybridized carbons (Fsp3) is 0.750. The molecule has 68 valence electrons. The van der Waals surface area contributed by atoms with Gasteiger partial charge in [0.25, 0.3) is 0 Å². The van der Waals surface area contributed by atoms with Crippen molar-refractivity contribution in [2.24, 2.45) is 5.41 Å². The molecule has 0 saturated heterocycles. The summed E-state index contributed by atoms with van der Waals surface area (Å²) in [7, 11) is 0. The molecule has 0 aromatic heterocycles. The number of carbonyl (C=O) groups is 1. The molecule has 0 aliphatic rings. The van der Waals surface area contributed by atoms with E-state index in [0.717, 1.165) is 0 Å². The maximum Gasteiger partial charge on any atom is 0.314 e. The zero-order valence-electron chi connectivity index (χ0n) is 7.77. The predicted molar refractivity (Wildman–Crippen MR) is 46.5 cm³/mol. The van der Waals surface area contributed by atoms with E-state index < -0.39 is 5.41 Å². The number of hydrogen-bond acceptors (Lipinski definition) is 2. The van der Waals surface area contributed by atoms with Gasteiger partial charge in [0, 0.05) is 13.1 Å². The Morgan fingerprint density at radius 3 is 2.50 bits per heavy atom. The van der Waals surface area contributed by atoms with Crippen LogP contribution in [0.5, 0.6) is 0 Å². The fourth-order valence-corrected chi connectivity index (χ4v) is 0.564. The van der Waals surface area contributed by atoms with Crippen molar-refractivity contribution in [3.63, 3.8) is 0 Å². The topological polar surface area (TPSA) is 64.9 Å². The van der Waals surface area contributed by atoms with E-state index >= 15 is 0 Å². The molecule has 4 heteroatoms. The second kappa shape index (κ2) is 4.60. The minimum Gasteiger partial charge on any atom is -0.338 e. The van der Waals surface area contributed by atoms with E-state index in [1.807, 2.05) is 6.92 Å². The van der Waals surface area contributed by atoms with Crippen molar-refractivity contribution in [3.05, 3.63) is 0 Å². The van der Waals surface area contributed by atoms with Crippen molar-refractivity contribution in [2.45, 2.75) is 20.8 Å². The van der Waals surface area contributed by atoms with Crippen LogP contribution in [-0.2, 0) is 0 Å². The number of amides is 2. The van der Waals surface area contributed by atoms with Crippen molar-refractivity contribution in [1.82, 2.24) is 10.6 Å². The lowest BCUT2D eigenvalue weighted by molar-refractivity contribution is 0.238. The van der Waals surface area contributed by atoms with Crippen LogP contribution in [0, 0.1) is 16.7 Å². The van der Waals surface area contributed by atoms with E-state index in [9.17, 15) is 4.79 Å². The molecule has 0 fully saturated rings. The molecule has 0 radical (unpaired) electrons. The largest absolute Gasteiger partial charge is 0.338 e. The van der Waals surface area contributed by atoms with Gasteiger partial charge in [0.2, 0.25) is 0 Å². The van der Waals surface area contributed by atoms with Crippen molar-refractivity contribution >= 4 is 6.03 Å². The van der Waals surface area contributed by atoms with E-state index in [0.29, 0.717) is 13.1 Å². The summed E-state index contributed by atoms with van der Waals surface area (Å²) >= 11 is 0. The standard InChI is InChI=1S/C8H15N3O/c1-4-10-7(12)11-6-8(2,3)5-9/h4,6H2,1-3H3,(H2,10,11,12). The second-order valence-corrected chi connectivity index (χ2v) is 3.21. The zero-order chi connectivity index (χ0) is 9.61. The third kappa shape index (κ3) is 4.56. The molecule has 0 aromatic carbocycles. The van der Waals surface area contributed by atoms with E-state index in [1.165, 1.54) is 0 Å². The SMILES string of the molecule is CCNC(=O)NCC(C)(C)C#N. The van der Waals surface area contributed by atoms with Crippen LogP contribution in [0.15, 0.2) is 0 Å². The number of nitriles is 1. The van der Waals surface area contributed by atoms with Gasteiger partial charge in [-0.15, -0.1) is 0 Å². The van der Waals surface area contributed by atoms with Crippen molar-refractivity contribution in [2.75, 3.05) is 13.1 Å². The Hall–Kier alpha value is -1.24. The number of urea groups is 1. The lowest BCUT2D eigenvalue weighted by atomic mass is 9.96. The maximum absolute atomic E-state index is 10.9. The molecule has 0 aliphatic heterocycles. The molecule has 0 spiro atoms. The lowest BCUT2D eigenvalue weighted by Crippen LogP contribution is -2.40. The lowest BCUT2D eigenvalue weighted by Gasteiger charge is -2.15. The summed E-state index contributed by atoms with van der Waals surface area (Å²) in [5.74, 6) is 0. The molecule has 0 bridgehead atoms. The van der Waals surface area contributed by atoms with Gasteiger partial charge in [0.05, 0.1) is 11.5 Å². The molecule has 4 nitrogen and oxygen atoms in total. The van der Waals surface area contributed by atoms with E-state index in [1.54, 1.807) is 13.8 Å². The molecule has 0 aromatic rings. The van der Waals surface area contributed by atoms with Gasteiger partial charge in [0.1, 0.15) is 0 Å². The summed E-state index contributed by atoms with van der Waals surface area (Å²) in [6.07, 6.45) is 0. The highest BCUT2D eigenvalue weighted by molar-refractivity contribution is 5.73. The second-order valence-electron chi connectivity index (χ2n) is 3.21. The van der Waals surface area contributed by atoms with Gasteiger partial charge in [-0.2, -0.15) is 5.26 Å². The number of nitrogens with zero attached hydrogens (tertiary/aromatic N) is 1. The van der Waals surface area contributed by atoms with Crippen LogP contribution >= 0.6 is 0 Å². The smallest absolute Gasteiger partial charge is 0.314 e. The Morgan fingerprint density at radius 1 is 1.50 bits per heavy atom. The maximum atomic E-state index is 10.9. The molecule has 12 heavy (non-hydrogen) atoms. The summed E-state index contributed by atoms with van der Waals surface area (Å²) in [5, 5.41) is 13.8. The summed E-state index contributed by atoms with van der Waals surface area (Å²) in [4.78, 5) is 10.9. The fourth-order valence-electron chi connectivity index (χ4n) is 0.564. The normalized spacial score (nSPS) is 10.2. The summed E-state index contributed by atoms with van der Waals surface area (Å²) in [6.45, 7) is 6.36. The molecule has 0 rings (SSSR count). The van der Waals surface area contributed by atoms with Crippen LogP contribution in [-0.4, -0.2) is 19.1 Å². The van der Waals surface area contributed by atoms with Gasteiger partial charge < -0.3 is 10.6 Å². The zero-order valence-corrected chi connectivity index (χ0v) is 7.77. The first-order valence-electron chi connectivity index (χ1n) is 3.95. The van der Waals surface area contributed by atoms with Gasteiger partial charge in [0.15, 0.2) is 0 Å². The highest BCUT2D eigenvalue weighted by Crippen LogP contribution is 2.09. The molecule has 0 aliphatic carbocycles. The quantitative estimate of drug-likeness (QED) is 0.658. The first-order valence-corrected chi connectivity index (χ1v) is 3.95. The third-order valence-corrected chi connectivity index (χ3v) is 1.33. The van der Waals surface area contributed by atoms with Gasteiger partial charge in [-0.05, 0) is 20.8 Å². The Kier molecular flexibility index (Phi) is 4.12. The molecular formula is C8H15N3O. The number of carbonyl (C=O) groups excluding carboxylic acids is 1. The number of nitrogens with one attached hydrogen (secondary N) is 2. The minimum absolute atomic E-state index is 0.221. The Balaban J connectivity index is 3.70. The van der Waals surface area contributed by atoms with Crippen molar-refractivity contribution in [3.8, 4) is 6.07 Å². The first kappa shape index (κ1) is 10.8. The minimum atomic E-state index is -0.495. The van der Waals surface area contributed by atoms with Crippen LogP contribution < -0.4 is 10.6 Å². The molecule has 0 heterocycles. The average molecular weight is 169 g/mol. The van der Waals surface area contributed by atoms with Gasteiger partial charge in [-0.25, -0.2) is 4.79 Å². The molecule has 2 N–H and O–H groups in total.